The van der Waals surface area contributed by atoms with E-state index in [-0.39, 0.29) is 5.25 Å². The predicted octanol–water partition coefficient (Wildman–Crippen LogP) is 2.65. The van der Waals surface area contributed by atoms with E-state index in [0.717, 1.165) is 11.4 Å². The lowest BCUT2D eigenvalue weighted by Crippen LogP contribution is -1.92. The van der Waals surface area contributed by atoms with E-state index in [9.17, 15) is 0 Å². The molecular weight excluding hydrogens is 236 g/mol. The molecule has 0 aliphatic heterocycles. The van der Waals surface area contributed by atoms with E-state index in [4.69, 9.17) is 4.52 Å². The van der Waals surface area contributed by atoms with Gasteiger partial charge >= 0.3 is 0 Å². The van der Waals surface area contributed by atoms with Crippen LogP contribution in [0.25, 0.3) is 11.5 Å². The van der Waals surface area contributed by atoms with E-state index >= 15 is 0 Å². The molecule has 2 aromatic rings. The van der Waals surface area contributed by atoms with Gasteiger partial charge in [-0.25, -0.2) is 0 Å². The third-order valence-electron chi connectivity index (χ3n) is 2.23. The molecule has 2 aromatic heterocycles. The van der Waals surface area contributed by atoms with Gasteiger partial charge in [0.2, 0.25) is 11.7 Å². The first-order valence-corrected chi connectivity index (χ1v) is 6.51. The van der Waals surface area contributed by atoms with Gasteiger partial charge in [-0.05, 0) is 31.7 Å². The van der Waals surface area contributed by atoms with Gasteiger partial charge in [-0.3, -0.25) is 0 Å². The molecule has 2 rings (SSSR count). The van der Waals surface area contributed by atoms with Crippen LogP contribution in [0.2, 0.25) is 0 Å². The minimum Gasteiger partial charge on any atom is -0.338 e. The van der Waals surface area contributed by atoms with E-state index in [1.165, 1.54) is 0 Å². The molecule has 0 fully saturated rings. The van der Waals surface area contributed by atoms with Gasteiger partial charge in [-0.1, -0.05) is 12.1 Å². The third kappa shape index (κ3) is 2.82. The van der Waals surface area contributed by atoms with Crippen molar-refractivity contribution in [3.8, 4) is 11.5 Å². The quantitative estimate of drug-likeness (QED) is 0.831. The molecule has 2 heterocycles. The molecule has 1 atom stereocenters. The smallest absolute Gasteiger partial charge is 0.239 e. The molecule has 6 heteroatoms. The Labute approximate surface area is 104 Å². The van der Waals surface area contributed by atoms with Gasteiger partial charge in [0, 0.05) is 0 Å². The van der Waals surface area contributed by atoms with Crippen molar-refractivity contribution in [1.29, 1.82) is 0 Å². The molecule has 0 aliphatic carbocycles. The van der Waals surface area contributed by atoms with Gasteiger partial charge in [0.05, 0.1) is 10.9 Å². The fourth-order valence-electron chi connectivity index (χ4n) is 1.34. The van der Waals surface area contributed by atoms with E-state index in [2.05, 4.69) is 27.3 Å². The van der Waals surface area contributed by atoms with Gasteiger partial charge < -0.3 is 4.52 Å². The number of aromatic nitrogens is 4. The Bertz CT molecular complexity index is 482. The zero-order chi connectivity index (χ0) is 12.3. The third-order valence-corrected chi connectivity index (χ3v) is 3.27. The Morgan fingerprint density at radius 3 is 2.82 bits per heavy atom. The first-order valence-electron chi connectivity index (χ1n) is 5.46. The van der Waals surface area contributed by atoms with Crippen molar-refractivity contribution in [3.63, 3.8) is 0 Å². The highest BCUT2D eigenvalue weighted by Gasteiger charge is 2.15. The Morgan fingerprint density at radius 2 is 2.18 bits per heavy atom. The van der Waals surface area contributed by atoms with Crippen LogP contribution in [0.15, 0.2) is 16.7 Å². The van der Waals surface area contributed by atoms with Crippen molar-refractivity contribution < 1.29 is 4.52 Å². The number of hydrogen-bond donors (Lipinski definition) is 0. The topological polar surface area (TPSA) is 64.7 Å². The van der Waals surface area contributed by atoms with E-state index in [1.54, 1.807) is 11.8 Å². The maximum Gasteiger partial charge on any atom is 0.239 e. The molecule has 0 amide bonds. The highest BCUT2D eigenvalue weighted by molar-refractivity contribution is 7.99. The van der Waals surface area contributed by atoms with Gasteiger partial charge in [-0.15, -0.1) is 16.9 Å². The number of thioether (sulfide) groups is 1. The monoisotopic (exact) mass is 250 g/mol. The average molecular weight is 250 g/mol. The zero-order valence-corrected chi connectivity index (χ0v) is 10.9. The van der Waals surface area contributed by atoms with Gasteiger partial charge in [0.1, 0.15) is 5.69 Å². The SMILES string of the molecule is CCS[C@@H](C)c1nc(-c2ccc(C)nn2)no1. The fourth-order valence-corrected chi connectivity index (χ4v) is 2.08. The minimum absolute atomic E-state index is 0.208. The van der Waals surface area contributed by atoms with Gasteiger partial charge in [0.25, 0.3) is 0 Å². The summed E-state index contributed by atoms with van der Waals surface area (Å²) in [6.45, 7) is 6.04. The maximum absolute atomic E-state index is 5.21. The van der Waals surface area contributed by atoms with Crippen LogP contribution in [0.1, 0.15) is 30.7 Å². The Hall–Kier alpha value is -1.43. The standard InChI is InChI=1S/C11H14N4OS/c1-4-17-8(3)11-12-10(15-16-11)9-6-5-7(2)13-14-9/h5-6,8H,4H2,1-3H3/t8-/m0/s1. The highest BCUT2D eigenvalue weighted by Crippen LogP contribution is 2.27. The summed E-state index contributed by atoms with van der Waals surface area (Å²) in [5.74, 6) is 2.15. The van der Waals surface area contributed by atoms with Gasteiger partial charge in [-0.2, -0.15) is 10.1 Å². The molecular formula is C11H14N4OS. The van der Waals surface area contributed by atoms with Crippen LogP contribution in [0, 0.1) is 6.92 Å². The second kappa shape index (κ2) is 5.27. The second-order valence-electron chi connectivity index (χ2n) is 3.61. The molecule has 0 radical (unpaired) electrons. The lowest BCUT2D eigenvalue weighted by atomic mass is 10.3. The second-order valence-corrected chi connectivity index (χ2v) is 5.23. The lowest BCUT2D eigenvalue weighted by molar-refractivity contribution is 0.380. The van der Waals surface area contributed by atoms with Crippen LogP contribution in [0.4, 0.5) is 0 Å². The molecule has 17 heavy (non-hydrogen) atoms. The molecule has 0 saturated carbocycles. The van der Waals surface area contributed by atoms with E-state index in [0.29, 0.717) is 17.4 Å². The molecule has 5 nitrogen and oxygen atoms in total. The Balaban J connectivity index is 2.20. The predicted molar refractivity (Wildman–Crippen MR) is 66.6 cm³/mol. The van der Waals surface area contributed by atoms with Crippen molar-refractivity contribution in [2.24, 2.45) is 0 Å². The summed E-state index contributed by atoms with van der Waals surface area (Å²) in [4.78, 5) is 4.33. The molecule has 0 aromatic carbocycles. The normalized spacial score (nSPS) is 12.6. The number of aryl methyl sites for hydroxylation is 1. The fraction of sp³-hybridized carbons (Fsp3) is 0.455. The zero-order valence-electron chi connectivity index (χ0n) is 10.0. The summed E-state index contributed by atoms with van der Waals surface area (Å²) in [6.07, 6.45) is 0. The highest BCUT2D eigenvalue weighted by atomic mass is 32.2. The molecule has 90 valence electrons. The molecule has 0 unspecified atom stereocenters. The van der Waals surface area contributed by atoms with Gasteiger partial charge in [0.15, 0.2) is 0 Å². The van der Waals surface area contributed by atoms with Crippen LogP contribution in [-0.4, -0.2) is 26.1 Å². The Morgan fingerprint density at radius 1 is 1.35 bits per heavy atom. The number of nitrogens with zero attached hydrogens (tertiary/aromatic N) is 4. The number of hydrogen-bond acceptors (Lipinski definition) is 6. The maximum atomic E-state index is 5.21. The van der Waals surface area contributed by atoms with Crippen LogP contribution in [0.3, 0.4) is 0 Å². The lowest BCUT2D eigenvalue weighted by Gasteiger charge is -2.01. The summed E-state index contributed by atoms with van der Waals surface area (Å²) in [5.41, 5.74) is 1.51. The first kappa shape index (κ1) is 12.0. The molecule has 0 saturated heterocycles. The minimum atomic E-state index is 0.208. The van der Waals surface area contributed by atoms with Crippen molar-refractivity contribution in [2.45, 2.75) is 26.0 Å². The summed E-state index contributed by atoms with van der Waals surface area (Å²) < 4.78 is 5.21. The molecule has 0 bridgehead atoms. The number of rotatable bonds is 4. The van der Waals surface area contributed by atoms with Crippen LogP contribution in [-0.2, 0) is 0 Å². The molecule has 0 spiro atoms. The van der Waals surface area contributed by atoms with Crippen LogP contribution in [0.5, 0.6) is 0 Å². The van der Waals surface area contributed by atoms with Crippen LogP contribution >= 0.6 is 11.8 Å². The van der Waals surface area contributed by atoms with E-state index in [1.807, 2.05) is 26.0 Å². The summed E-state index contributed by atoms with van der Waals surface area (Å²) >= 11 is 1.76. The summed E-state index contributed by atoms with van der Waals surface area (Å²) in [5, 5.41) is 12.1. The van der Waals surface area contributed by atoms with E-state index < -0.39 is 0 Å². The van der Waals surface area contributed by atoms with Crippen molar-refractivity contribution in [2.75, 3.05) is 5.75 Å². The largest absolute Gasteiger partial charge is 0.338 e. The van der Waals surface area contributed by atoms with Crippen molar-refractivity contribution >= 4 is 11.8 Å². The molecule has 0 aliphatic rings. The Kier molecular flexibility index (Phi) is 3.73. The summed E-state index contributed by atoms with van der Waals surface area (Å²) in [6, 6.07) is 3.72. The van der Waals surface area contributed by atoms with Crippen LogP contribution < -0.4 is 0 Å². The summed E-state index contributed by atoms with van der Waals surface area (Å²) in [7, 11) is 0. The van der Waals surface area contributed by atoms with Crippen molar-refractivity contribution in [3.05, 3.63) is 23.7 Å². The van der Waals surface area contributed by atoms with Crippen molar-refractivity contribution in [1.82, 2.24) is 20.3 Å². The molecule has 0 N–H and O–H groups in total. The average Bonchev–Trinajstić information content (AvgIpc) is 2.80. The first-order chi connectivity index (χ1) is 8.20.